The number of methoxy groups -OCH3 is 1. The Morgan fingerprint density at radius 1 is 1.53 bits per heavy atom. The number of aliphatic hydroxyl groups excluding tert-OH is 1. The molecule has 2 rings (SSSR count). The van der Waals surface area contributed by atoms with Crippen molar-refractivity contribution in [2.24, 2.45) is 0 Å². The molecular formula is C14H20N2O3. The van der Waals surface area contributed by atoms with E-state index in [-0.39, 0.29) is 18.6 Å². The van der Waals surface area contributed by atoms with Crippen LogP contribution in [0.15, 0.2) is 18.3 Å². The first-order valence-electron chi connectivity index (χ1n) is 6.62. The second kappa shape index (κ2) is 6.63. The van der Waals surface area contributed by atoms with E-state index in [0.29, 0.717) is 12.1 Å². The van der Waals surface area contributed by atoms with E-state index in [9.17, 15) is 9.90 Å². The molecular weight excluding hydrogens is 244 g/mol. The Hall–Kier alpha value is -1.46. The highest BCUT2D eigenvalue weighted by atomic mass is 16.5. The Kier molecular flexibility index (Phi) is 4.87. The van der Waals surface area contributed by atoms with Gasteiger partial charge in [0.05, 0.1) is 25.0 Å². The molecule has 104 valence electrons. The number of pyridine rings is 1. The van der Waals surface area contributed by atoms with Crippen LogP contribution in [0.5, 0.6) is 0 Å². The summed E-state index contributed by atoms with van der Waals surface area (Å²) in [5.74, 6) is -0.370. The van der Waals surface area contributed by atoms with Crippen LogP contribution in [0, 0.1) is 0 Å². The van der Waals surface area contributed by atoms with E-state index in [4.69, 9.17) is 0 Å². The van der Waals surface area contributed by atoms with Gasteiger partial charge in [0.25, 0.3) is 0 Å². The fourth-order valence-electron chi connectivity index (χ4n) is 2.44. The summed E-state index contributed by atoms with van der Waals surface area (Å²) in [6.45, 7) is 1.90. The number of rotatable bonds is 4. The Bertz CT molecular complexity index is 419. The van der Waals surface area contributed by atoms with Crippen molar-refractivity contribution in [3.8, 4) is 0 Å². The number of likely N-dealkylation sites (tertiary alicyclic amines) is 1. The predicted octanol–water partition coefficient (Wildman–Crippen LogP) is 1.22. The number of esters is 1. The summed E-state index contributed by atoms with van der Waals surface area (Å²) in [7, 11) is 1.36. The van der Waals surface area contributed by atoms with E-state index in [1.807, 2.05) is 6.07 Å². The van der Waals surface area contributed by atoms with Crippen molar-refractivity contribution in [2.45, 2.75) is 31.8 Å². The van der Waals surface area contributed by atoms with Gasteiger partial charge in [-0.2, -0.15) is 0 Å². The summed E-state index contributed by atoms with van der Waals surface area (Å²) >= 11 is 0. The molecule has 1 aliphatic rings. The molecule has 0 spiro atoms. The second-order valence-corrected chi connectivity index (χ2v) is 4.83. The molecule has 1 N–H and O–H groups in total. The molecule has 1 aliphatic heterocycles. The Morgan fingerprint density at radius 3 is 3.00 bits per heavy atom. The third kappa shape index (κ3) is 3.52. The zero-order valence-corrected chi connectivity index (χ0v) is 11.2. The summed E-state index contributed by atoms with van der Waals surface area (Å²) < 4.78 is 4.64. The van der Waals surface area contributed by atoms with Crippen molar-refractivity contribution in [1.29, 1.82) is 0 Å². The largest absolute Gasteiger partial charge is 0.465 e. The molecule has 0 aromatic carbocycles. The van der Waals surface area contributed by atoms with E-state index in [2.05, 4.69) is 14.6 Å². The molecule has 5 nitrogen and oxygen atoms in total. The normalized spacial score (nSPS) is 20.2. The zero-order chi connectivity index (χ0) is 13.7. The van der Waals surface area contributed by atoms with Gasteiger partial charge in [-0.15, -0.1) is 0 Å². The molecule has 19 heavy (non-hydrogen) atoms. The molecule has 1 aromatic rings. The number of carbonyl (C=O) groups excluding carboxylic acids is 1. The topological polar surface area (TPSA) is 62.7 Å². The first-order chi connectivity index (χ1) is 9.24. The number of carbonyl (C=O) groups is 1. The van der Waals surface area contributed by atoms with Gasteiger partial charge in [0, 0.05) is 18.8 Å². The summed E-state index contributed by atoms with van der Waals surface area (Å²) in [5.41, 5.74) is 1.37. The molecule has 0 amide bonds. The fourth-order valence-corrected chi connectivity index (χ4v) is 2.44. The van der Waals surface area contributed by atoms with Crippen molar-refractivity contribution in [2.75, 3.05) is 20.3 Å². The molecule has 1 unspecified atom stereocenters. The first-order valence-corrected chi connectivity index (χ1v) is 6.62. The van der Waals surface area contributed by atoms with Crippen LogP contribution in [0.3, 0.4) is 0 Å². The molecule has 1 fully saturated rings. The fraction of sp³-hybridized carbons (Fsp3) is 0.571. The van der Waals surface area contributed by atoms with Gasteiger partial charge in [-0.05, 0) is 31.5 Å². The van der Waals surface area contributed by atoms with Crippen LogP contribution in [0.4, 0.5) is 0 Å². The minimum atomic E-state index is -0.370. The SMILES string of the molecule is COC(=O)c1ccc(CN2CCCCC2CO)nc1. The molecule has 0 bridgehead atoms. The highest BCUT2D eigenvalue weighted by Crippen LogP contribution is 2.18. The maximum Gasteiger partial charge on any atom is 0.339 e. The van der Waals surface area contributed by atoms with E-state index in [1.54, 1.807) is 12.3 Å². The van der Waals surface area contributed by atoms with E-state index in [1.165, 1.54) is 13.5 Å². The molecule has 0 aliphatic carbocycles. The minimum Gasteiger partial charge on any atom is -0.465 e. The van der Waals surface area contributed by atoms with Crippen molar-refractivity contribution in [3.63, 3.8) is 0 Å². The van der Waals surface area contributed by atoms with Crippen molar-refractivity contribution in [3.05, 3.63) is 29.6 Å². The van der Waals surface area contributed by atoms with Crippen molar-refractivity contribution >= 4 is 5.97 Å². The monoisotopic (exact) mass is 264 g/mol. The summed E-state index contributed by atoms with van der Waals surface area (Å²) in [5, 5.41) is 9.37. The van der Waals surface area contributed by atoms with Crippen molar-refractivity contribution in [1.82, 2.24) is 9.88 Å². The van der Waals surface area contributed by atoms with Gasteiger partial charge in [0.2, 0.25) is 0 Å². The zero-order valence-electron chi connectivity index (χ0n) is 11.2. The number of nitrogens with zero attached hydrogens (tertiary/aromatic N) is 2. The molecule has 1 saturated heterocycles. The lowest BCUT2D eigenvalue weighted by Gasteiger charge is -2.34. The quantitative estimate of drug-likeness (QED) is 0.828. The van der Waals surface area contributed by atoms with Gasteiger partial charge >= 0.3 is 5.97 Å². The van der Waals surface area contributed by atoms with Gasteiger partial charge in [-0.3, -0.25) is 9.88 Å². The van der Waals surface area contributed by atoms with Crippen molar-refractivity contribution < 1.29 is 14.6 Å². The highest BCUT2D eigenvalue weighted by Gasteiger charge is 2.21. The van der Waals surface area contributed by atoms with Gasteiger partial charge in [-0.25, -0.2) is 4.79 Å². The van der Waals surface area contributed by atoms with Crippen LogP contribution in [-0.2, 0) is 11.3 Å². The molecule has 1 atom stereocenters. The number of aliphatic hydroxyl groups is 1. The van der Waals surface area contributed by atoms with E-state index in [0.717, 1.165) is 25.1 Å². The maximum atomic E-state index is 11.3. The third-order valence-corrected chi connectivity index (χ3v) is 3.57. The van der Waals surface area contributed by atoms with E-state index >= 15 is 0 Å². The average molecular weight is 264 g/mol. The number of aromatic nitrogens is 1. The van der Waals surface area contributed by atoms with Gasteiger partial charge in [0.1, 0.15) is 0 Å². The van der Waals surface area contributed by atoms with Crippen LogP contribution in [0.25, 0.3) is 0 Å². The molecule has 5 heteroatoms. The van der Waals surface area contributed by atoms with Crippen LogP contribution < -0.4 is 0 Å². The van der Waals surface area contributed by atoms with E-state index < -0.39 is 0 Å². The maximum absolute atomic E-state index is 11.3. The molecule has 0 saturated carbocycles. The van der Waals surface area contributed by atoms with Gasteiger partial charge in [0.15, 0.2) is 0 Å². The van der Waals surface area contributed by atoms with Gasteiger partial charge < -0.3 is 9.84 Å². The van der Waals surface area contributed by atoms with Crippen LogP contribution in [-0.4, -0.2) is 47.3 Å². The Morgan fingerprint density at radius 2 is 2.37 bits per heavy atom. The number of hydrogen-bond acceptors (Lipinski definition) is 5. The highest BCUT2D eigenvalue weighted by molar-refractivity contribution is 5.88. The Labute approximate surface area is 113 Å². The summed E-state index contributed by atoms with van der Waals surface area (Å²) in [6, 6.07) is 3.80. The number of piperidine rings is 1. The van der Waals surface area contributed by atoms with Gasteiger partial charge in [-0.1, -0.05) is 6.42 Å². The van der Waals surface area contributed by atoms with Crippen LogP contribution >= 0.6 is 0 Å². The summed E-state index contributed by atoms with van der Waals surface area (Å²) in [4.78, 5) is 17.8. The van der Waals surface area contributed by atoms with Crippen LogP contribution in [0.2, 0.25) is 0 Å². The lowest BCUT2D eigenvalue weighted by atomic mass is 10.0. The minimum absolute atomic E-state index is 0.195. The summed E-state index contributed by atoms with van der Waals surface area (Å²) in [6.07, 6.45) is 4.92. The van der Waals surface area contributed by atoms with Crippen LogP contribution in [0.1, 0.15) is 35.3 Å². The standard InChI is InChI=1S/C14H20N2O3/c1-19-14(18)11-5-6-12(15-8-11)9-16-7-3-2-4-13(16)10-17/h5-6,8,13,17H,2-4,7,9-10H2,1H3. The molecule has 2 heterocycles. The lowest BCUT2D eigenvalue weighted by Crippen LogP contribution is -2.41. The second-order valence-electron chi connectivity index (χ2n) is 4.83. The number of hydrogen-bond donors (Lipinski definition) is 1. The molecule has 0 radical (unpaired) electrons. The first kappa shape index (κ1) is 14.0. The smallest absolute Gasteiger partial charge is 0.339 e. The third-order valence-electron chi connectivity index (χ3n) is 3.57. The lowest BCUT2D eigenvalue weighted by molar-refractivity contribution is 0.0600. The Balaban J connectivity index is 2.00. The number of ether oxygens (including phenoxy) is 1. The molecule has 1 aromatic heterocycles. The average Bonchev–Trinajstić information content (AvgIpc) is 2.48. The predicted molar refractivity (Wildman–Crippen MR) is 70.7 cm³/mol.